The van der Waals surface area contributed by atoms with Gasteiger partial charge in [-0.15, -0.1) is 0 Å². The number of nitro benzene ring substituents is 1. The van der Waals surface area contributed by atoms with Gasteiger partial charge in [-0.3, -0.25) is 14.9 Å². The van der Waals surface area contributed by atoms with Crippen LogP contribution in [0.1, 0.15) is 6.42 Å². The number of nitrogens with one attached hydrogen (secondary N) is 1. The molecule has 7 heteroatoms. The predicted octanol–water partition coefficient (Wildman–Crippen LogP) is 0.0801. The molecule has 1 heterocycles. The second-order valence-corrected chi connectivity index (χ2v) is 4.01. The van der Waals surface area contributed by atoms with Crippen LogP contribution in [0.2, 0.25) is 0 Å². The number of aliphatic hydroxyl groups excluding tert-OH is 1. The van der Waals surface area contributed by atoms with Crippen molar-refractivity contribution in [1.82, 2.24) is 10.6 Å². The third-order valence-electron chi connectivity index (χ3n) is 2.76. The molecule has 1 fully saturated rings. The Bertz CT molecular complexity index is 460. The number of nitrogens with zero attached hydrogens (tertiary/aromatic N) is 2. The highest BCUT2D eigenvalue weighted by atomic mass is 16.6. The molecule has 0 bridgehead atoms. The van der Waals surface area contributed by atoms with Crippen LogP contribution in [0.25, 0.3) is 0 Å². The predicted molar refractivity (Wildman–Crippen MR) is 62.3 cm³/mol. The van der Waals surface area contributed by atoms with E-state index in [1.807, 2.05) is 0 Å². The number of carbonyl (C=O) groups excluding carboxylic acids is 1. The normalized spacial score (nSPS) is 22.7. The minimum atomic E-state index is -0.723. The molecule has 0 spiro atoms. The van der Waals surface area contributed by atoms with E-state index < -0.39 is 23.0 Å². The number of carbonyl (C=O) groups is 1. The maximum atomic E-state index is 11.7. The van der Waals surface area contributed by atoms with Crippen LogP contribution < -0.4 is 10.6 Å². The molecule has 1 aromatic carbocycles. The first-order valence-corrected chi connectivity index (χ1v) is 5.49. The van der Waals surface area contributed by atoms with Gasteiger partial charge in [-0.2, -0.15) is 0 Å². The summed E-state index contributed by atoms with van der Waals surface area (Å²) < 4.78 is 0. The third-order valence-corrected chi connectivity index (χ3v) is 2.76. The smallest absolute Gasteiger partial charge is 0.269 e. The van der Waals surface area contributed by atoms with E-state index in [0.717, 1.165) is 0 Å². The molecule has 1 aliphatic rings. The summed E-state index contributed by atoms with van der Waals surface area (Å²) in [6.45, 7) is 0.577. The van der Waals surface area contributed by atoms with Gasteiger partial charge >= 0.3 is 0 Å². The molecule has 0 aromatic heterocycles. The van der Waals surface area contributed by atoms with Crippen LogP contribution >= 0.6 is 0 Å². The van der Waals surface area contributed by atoms with E-state index in [-0.39, 0.29) is 5.69 Å². The number of aliphatic hydroxyl groups is 1. The Labute approximate surface area is 103 Å². The first-order valence-electron chi connectivity index (χ1n) is 5.49. The average molecular weight is 250 g/mol. The summed E-state index contributed by atoms with van der Waals surface area (Å²) in [6.07, 6.45) is -0.203. The average Bonchev–Trinajstić information content (AvgIpc) is 2.76. The largest absolute Gasteiger partial charge is 0.391 e. The second-order valence-electron chi connectivity index (χ2n) is 4.01. The number of benzene rings is 1. The highest BCUT2D eigenvalue weighted by Gasteiger charge is 2.31. The second kappa shape index (κ2) is 5.11. The lowest BCUT2D eigenvalue weighted by molar-refractivity contribution is -0.384. The summed E-state index contributed by atoms with van der Waals surface area (Å²) in [6, 6.07) is 4.68. The molecule has 2 rings (SSSR count). The van der Waals surface area contributed by atoms with Crippen LogP contribution in [0.3, 0.4) is 0 Å². The SMILES string of the molecule is O=C([N]c1ccc([N+](=O)[O-])cc1)[C@H]1NCCC1O. The van der Waals surface area contributed by atoms with Crippen LogP contribution in [0.4, 0.5) is 11.4 Å². The number of non-ortho nitro benzene ring substituents is 1. The van der Waals surface area contributed by atoms with Crippen molar-refractivity contribution >= 4 is 17.3 Å². The van der Waals surface area contributed by atoms with Gasteiger partial charge in [0.25, 0.3) is 11.6 Å². The van der Waals surface area contributed by atoms with Gasteiger partial charge in [0.05, 0.1) is 16.7 Å². The number of hydrogen-bond donors (Lipinski definition) is 2. The van der Waals surface area contributed by atoms with Crippen LogP contribution in [-0.4, -0.2) is 34.6 Å². The molecular formula is C11H12N3O4. The molecule has 1 unspecified atom stereocenters. The van der Waals surface area contributed by atoms with E-state index >= 15 is 0 Å². The summed E-state index contributed by atoms with van der Waals surface area (Å²) >= 11 is 0. The molecule has 95 valence electrons. The molecule has 1 radical (unpaired) electrons. The lowest BCUT2D eigenvalue weighted by atomic mass is 10.1. The zero-order chi connectivity index (χ0) is 13.1. The Morgan fingerprint density at radius 2 is 2.11 bits per heavy atom. The molecule has 1 amide bonds. The van der Waals surface area contributed by atoms with Gasteiger partial charge in [-0.05, 0) is 25.1 Å². The molecule has 0 saturated carbocycles. The zero-order valence-electron chi connectivity index (χ0n) is 9.44. The van der Waals surface area contributed by atoms with Gasteiger partial charge < -0.3 is 10.4 Å². The van der Waals surface area contributed by atoms with Gasteiger partial charge in [-0.1, -0.05) is 0 Å². The summed E-state index contributed by atoms with van der Waals surface area (Å²) in [5.41, 5.74) is 0.284. The molecular weight excluding hydrogens is 238 g/mol. The van der Waals surface area contributed by atoms with E-state index in [1.165, 1.54) is 24.3 Å². The van der Waals surface area contributed by atoms with Crippen molar-refractivity contribution in [3.8, 4) is 0 Å². The molecule has 1 aliphatic heterocycles. The molecule has 2 N–H and O–H groups in total. The minimum Gasteiger partial charge on any atom is -0.391 e. The summed E-state index contributed by atoms with van der Waals surface area (Å²) in [4.78, 5) is 21.7. The van der Waals surface area contributed by atoms with Gasteiger partial charge in [0, 0.05) is 12.1 Å². The van der Waals surface area contributed by atoms with Crippen molar-refractivity contribution in [3.63, 3.8) is 0 Å². The van der Waals surface area contributed by atoms with Crippen molar-refractivity contribution < 1.29 is 14.8 Å². The van der Waals surface area contributed by atoms with Crippen molar-refractivity contribution in [2.75, 3.05) is 6.54 Å². The highest BCUT2D eigenvalue weighted by molar-refractivity contribution is 5.86. The first kappa shape index (κ1) is 12.5. The number of rotatable bonds is 3. The molecule has 18 heavy (non-hydrogen) atoms. The fraction of sp³-hybridized carbons (Fsp3) is 0.364. The van der Waals surface area contributed by atoms with Crippen molar-refractivity contribution in [2.45, 2.75) is 18.6 Å². The fourth-order valence-electron chi connectivity index (χ4n) is 1.79. The van der Waals surface area contributed by atoms with E-state index in [1.54, 1.807) is 0 Å². The van der Waals surface area contributed by atoms with Gasteiger partial charge in [0.15, 0.2) is 0 Å². The summed E-state index contributed by atoms with van der Waals surface area (Å²) in [7, 11) is 0. The third kappa shape index (κ3) is 2.63. The van der Waals surface area contributed by atoms with Crippen LogP contribution in [0, 0.1) is 10.1 Å². The van der Waals surface area contributed by atoms with Crippen LogP contribution in [-0.2, 0) is 4.79 Å². The molecule has 2 atom stereocenters. The molecule has 7 nitrogen and oxygen atoms in total. The van der Waals surface area contributed by atoms with Crippen molar-refractivity contribution in [3.05, 3.63) is 34.4 Å². The van der Waals surface area contributed by atoms with Crippen LogP contribution in [0.15, 0.2) is 24.3 Å². The first-order chi connectivity index (χ1) is 8.58. The van der Waals surface area contributed by atoms with Crippen molar-refractivity contribution in [1.29, 1.82) is 0 Å². The Balaban J connectivity index is 2.00. The molecule has 1 saturated heterocycles. The Kier molecular flexibility index (Phi) is 3.54. The van der Waals surface area contributed by atoms with Crippen molar-refractivity contribution in [2.24, 2.45) is 0 Å². The maximum Gasteiger partial charge on any atom is 0.269 e. The number of amides is 1. The van der Waals surface area contributed by atoms with E-state index in [9.17, 15) is 20.0 Å². The van der Waals surface area contributed by atoms with E-state index in [2.05, 4.69) is 10.6 Å². The molecule has 1 aromatic rings. The Morgan fingerprint density at radius 1 is 1.44 bits per heavy atom. The Morgan fingerprint density at radius 3 is 2.61 bits per heavy atom. The molecule has 0 aliphatic carbocycles. The zero-order valence-corrected chi connectivity index (χ0v) is 9.44. The summed E-state index contributed by atoms with van der Waals surface area (Å²) in [5.74, 6) is -0.464. The quantitative estimate of drug-likeness (QED) is 0.583. The van der Waals surface area contributed by atoms with Gasteiger partial charge in [0.1, 0.15) is 6.04 Å². The van der Waals surface area contributed by atoms with Gasteiger partial charge in [-0.25, -0.2) is 5.32 Å². The monoisotopic (exact) mass is 250 g/mol. The highest BCUT2D eigenvalue weighted by Crippen LogP contribution is 2.16. The number of hydrogen-bond acceptors (Lipinski definition) is 5. The summed E-state index contributed by atoms with van der Waals surface area (Å²) in [5, 5.41) is 26.6. The van der Waals surface area contributed by atoms with E-state index in [4.69, 9.17) is 0 Å². The standard InChI is InChI=1S/C11H12N3O4/c15-9-5-6-12-10(9)11(16)13-7-1-3-8(4-2-7)14(17)18/h1-4,9-10,12,15H,5-6H2/t9?,10-/m0/s1. The Hall–Kier alpha value is -1.99. The number of nitro groups is 1. The van der Waals surface area contributed by atoms with Crippen LogP contribution in [0.5, 0.6) is 0 Å². The fourth-order valence-corrected chi connectivity index (χ4v) is 1.79. The van der Waals surface area contributed by atoms with Gasteiger partial charge in [0.2, 0.25) is 0 Å². The minimum absolute atomic E-state index is 0.0552. The maximum absolute atomic E-state index is 11.7. The topological polar surface area (TPSA) is 107 Å². The lowest BCUT2D eigenvalue weighted by Crippen LogP contribution is -2.41. The lowest BCUT2D eigenvalue weighted by Gasteiger charge is -2.12. The van der Waals surface area contributed by atoms with E-state index in [0.29, 0.717) is 18.7 Å².